The Labute approximate surface area is 118 Å². The minimum atomic E-state index is 0.240. The molecule has 0 saturated carbocycles. The molecule has 0 fully saturated rings. The maximum absolute atomic E-state index is 4.70. The molecule has 1 atom stereocenters. The lowest BCUT2D eigenvalue weighted by Crippen LogP contribution is -2.32. The van der Waals surface area contributed by atoms with E-state index in [9.17, 15) is 0 Å². The predicted octanol–water partition coefficient (Wildman–Crippen LogP) is 2.17. The molecule has 2 heterocycles. The largest absolute Gasteiger partial charge is 0.313 e. The van der Waals surface area contributed by atoms with E-state index in [1.165, 1.54) is 5.56 Å². The van der Waals surface area contributed by atoms with Gasteiger partial charge in [-0.3, -0.25) is 0 Å². The fourth-order valence-electron chi connectivity index (χ4n) is 2.83. The molecule has 0 aromatic carbocycles. The molecule has 1 aliphatic carbocycles. The van der Waals surface area contributed by atoms with Crippen molar-refractivity contribution in [1.29, 1.82) is 0 Å². The Balaban J connectivity index is 2.04. The normalized spacial score (nSPS) is 20.4. The third kappa shape index (κ3) is 2.41. The summed E-state index contributed by atoms with van der Waals surface area (Å²) in [4.78, 5) is 17.6. The highest BCUT2D eigenvalue weighted by molar-refractivity contribution is 5.44. The SMILES string of the molecule is CNC1CC(C)(C)Cc2nc(-c3ncccn3)ncc21. The molecule has 0 aliphatic heterocycles. The zero-order chi connectivity index (χ0) is 14.2. The van der Waals surface area contributed by atoms with E-state index in [-0.39, 0.29) is 5.41 Å². The van der Waals surface area contributed by atoms with Gasteiger partial charge in [0.15, 0.2) is 11.6 Å². The molecule has 0 radical (unpaired) electrons. The van der Waals surface area contributed by atoms with Crippen molar-refractivity contribution in [3.8, 4) is 11.6 Å². The van der Waals surface area contributed by atoms with Crippen LogP contribution < -0.4 is 5.32 Å². The fraction of sp³-hybridized carbons (Fsp3) is 0.467. The summed E-state index contributed by atoms with van der Waals surface area (Å²) >= 11 is 0. The summed E-state index contributed by atoms with van der Waals surface area (Å²) in [5, 5.41) is 3.36. The first-order chi connectivity index (χ1) is 9.59. The van der Waals surface area contributed by atoms with Crippen LogP contribution in [0.3, 0.4) is 0 Å². The highest BCUT2D eigenvalue weighted by Crippen LogP contribution is 2.39. The highest BCUT2D eigenvalue weighted by atomic mass is 15.0. The van der Waals surface area contributed by atoms with Gasteiger partial charge in [0.2, 0.25) is 0 Å². The highest BCUT2D eigenvalue weighted by Gasteiger charge is 2.33. The second-order valence-electron chi connectivity index (χ2n) is 6.05. The van der Waals surface area contributed by atoms with Crippen molar-refractivity contribution in [2.75, 3.05) is 7.05 Å². The van der Waals surface area contributed by atoms with E-state index in [0.29, 0.717) is 17.7 Å². The lowest BCUT2D eigenvalue weighted by atomic mass is 9.74. The number of nitrogens with zero attached hydrogens (tertiary/aromatic N) is 4. The van der Waals surface area contributed by atoms with Crippen molar-refractivity contribution in [1.82, 2.24) is 25.3 Å². The topological polar surface area (TPSA) is 63.6 Å². The number of rotatable bonds is 2. The van der Waals surface area contributed by atoms with Crippen molar-refractivity contribution in [3.05, 3.63) is 35.9 Å². The Bertz CT molecular complexity index is 609. The Kier molecular flexibility index (Phi) is 3.22. The zero-order valence-corrected chi connectivity index (χ0v) is 12.1. The van der Waals surface area contributed by atoms with Crippen molar-refractivity contribution < 1.29 is 0 Å². The standard InChI is InChI=1S/C15H19N5/c1-15(2)7-11(16-3)10-9-19-14(20-12(10)8-15)13-17-5-4-6-18-13/h4-6,9,11,16H,7-8H2,1-3H3. The number of hydrogen-bond acceptors (Lipinski definition) is 5. The zero-order valence-electron chi connectivity index (χ0n) is 12.1. The van der Waals surface area contributed by atoms with Crippen molar-refractivity contribution in [3.63, 3.8) is 0 Å². The van der Waals surface area contributed by atoms with Gasteiger partial charge < -0.3 is 5.32 Å². The Morgan fingerprint density at radius 1 is 1.15 bits per heavy atom. The van der Waals surface area contributed by atoms with Gasteiger partial charge in [-0.1, -0.05) is 13.8 Å². The molecule has 0 saturated heterocycles. The van der Waals surface area contributed by atoms with Crippen molar-refractivity contribution in [2.45, 2.75) is 32.7 Å². The number of hydrogen-bond donors (Lipinski definition) is 1. The van der Waals surface area contributed by atoms with E-state index >= 15 is 0 Å². The maximum Gasteiger partial charge on any atom is 0.197 e. The van der Waals surface area contributed by atoms with Crippen molar-refractivity contribution >= 4 is 0 Å². The first kappa shape index (κ1) is 13.1. The minimum Gasteiger partial charge on any atom is -0.313 e. The van der Waals surface area contributed by atoms with Crippen LogP contribution in [0.25, 0.3) is 11.6 Å². The van der Waals surface area contributed by atoms with Gasteiger partial charge in [0, 0.05) is 35.9 Å². The van der Waals surface area contributed by atoms with E-state index < -0.39 is 0 Å². The second kappa shape index (κ2) is 4.90. The molecule has 5 nitrogen and oxygen atoms in total. The summed E-state index contributed by atoms with van der Waals surface area (Å²) in [7, 11) is 1.99. The molecule has 20 heavy (non-hydrogen) atoms. The van der Waals surface area contributed by atoms with Gasteiger partial charge in [-0.25, -0.2) is 19.9 Å². The van der Waals surface area contributed by atoms with Gasteiger partial charge in [-0.05, 0) is 31.4 Å². The van der Waals surface area contributed by atoms with E-state index in [1.54, 1.807) is 18.5 Å². The molecule has 1 unspecified atom stereocenters. The van der Waals surface area contributed by atoms with Crippen molar-refractivity contribution in [2.24, 2.45) is 5.41 Å². The molecule has 2 aromatic rings. The number of fused-ring (bicyclic) bond motifs is 1. The van der Waals surface area contributed by atoms with Crippen LogP contribution in [0.1, 0.15) is 37.6 Å². The molecule has 1 N–H and O–H groups in total. The Hall–Kier alpha value is -1.88. The van der Waals surface area contributed by atoms with Crippen LogP contribution in [0.5, 0.6) is 0 Å². The van der Waals surface area contributed by atoms with Crippen LogP contribution >= 0.6 is 0 Å². The van der Waals surface area contributed by atoms with Gasteiger partial charge in [-0.15, -0.1) is 0 Å². The Morgan fingerprint density at radius 3 is 2.60 bits per heavy atom. The molecular weight excluding hydrogens is 250 g/mol. The van der Waals surface area contributed by atoms with Gasteiger partial charge in [0.25, 0.3) is 0 Å². The average Bonchev–Trinajstić information content (AvgIpc) is 2.45. The fourth-order valence-corrected chi connectivity index (χ4v) is 2.83. The summed E-state index contributed by atoms with van der Waals surface area (Å²) in [6.07, 6.45) is 7.41. The van der Waals surface area contributed by atoms with E-state index in [0.717, 1.165) is 18.5 Å². The smallest absolute Gasteiger partial charge is 0.197 e. The Morgan fingerprint density at radius 2 is 1.90 bits per heavy atom. The third-order valence-electron chi connectivity index (χ3n) is 3.79. The van der Waals surface area contributed by atoms with Crippen LogP contribution in [-0.4, -0.2) is 27.0 Å². The van der Waals surface area contributed by atoms with E-state index in [4.69, 9.17) is 4.98 Å². The van der Waals surface area contributed by atoms with E-state index in [2.05, 4.69) is 34.1 Å². The molecule has 3 rings (SSSR count). The lowest BCUT2D eigenvalue weighted by Gasteiger charge is -2.36. The van der Waals surface area contributed by atoms with Gasteiger partial charge in [0.1, 0.15) is 0 Å². The predicted molar refractivity (Wildman–Crippen MR) is 77.0 cm³/mol. The monoisotopic (exact) mass is 269 g/mol. The quantitative estimate of drug-likeness (QED) is 0.905. The van der Waals surface area contributed by atoms with Gasteiger partial charge in [-0.2, -0.15) is 0 Å². The molecular formula is C15H19N5. The summed E-state index contributed by atoms with van der Waals surface area (Å²) in [5.74, 6) is 1.19. The number of aromatic nitrogens is 4. The molecule has 0 spiro atoms. The first-order valence-corrected chi connectivity index (χ1v) is 6.89. The average molecular weight is 269 g/mol. The van der Waals surface area contributed by atoms with Crippen LogP contribution in [-0.2, 0) is 6.42 Å². The number of nitrogens with one attached hydrogen (secondary N) is 1. The lowest BCUT2D eigenvalue weighted by molar-refractivity contribution is 0.260. The second-order valence-corrected chi connectivity index (χ2v) is 6.05. The van der Waals surface area contributed by atoms with Gasteiger partial charge in [0.05, 0.1) is 0 Å². The van der Waals surface area contributed by atoms with Crippen LogP contribution in [0.2, 0.25) is 0 Å². The van der Waals surface area contributed by atoms with E-state index in [1.807, 2.05) is 13.2 Å². The van der Waals surface area contributed by atoms with Gasteiger partial charge >= 0.3 is 0 Å². The molecule has 104 valence electrons. The molecule has 1 aliphatic rings. The molecule has 0 amide bonds. The summed E-state index contributed by atoms with van der Waals surface area (Å²) in [5.41, 5.74) is 2.55. The maximum atomic E-state index is 4.70. The summed E-state index contributed by atoms with van der Waals surface area (Å²) < 4.78 is 0. The third-order valence-corrected chi connectivity index (χ3v) is 3.79. The van der Waals surface area contributed by atoms with Crippen LogP contribution in [0, 0.1) is 5.41 Å². The van der Waals surface area contributed by atoms with Crippen LogP contribution in [0.15, 0.2) is 24.7 Å². The molecule has 5 heteroatoms. The minimum absolute atomic E-state index is 0.240. The molecule has 2 aromatic heterocycles. The van der Waals surface area contributed by atoms with Crippen LogP contribution in [0.4, 0.5) is 0 Å². The summed E-state index contributed by atoms with van der Waals surface area (Å²) in [6.45, 7) is 4.56. The summed E-state index contributed by atoms with van der Waals surface area (Å²) in [6, 6.07) is 2.11. The molecule has 0 bridgehead atoms. The first-order valence-electron chi connectivity index (χ1n) is 6.89.